The highest BCUT2D eigenvalue weighted by molar-refractivity contribution is 9.10. The summed E-state index contributed by atoms with van der Waals surface area (Å²) in [5.41, 5.74) is 0.989. The van der Waals surface area contributed by atoms with Gasteiger partial charge in [-0.2, -0.15) is 0 Å². The molecule has 1 heterocycles. The zero-order chi connectivity index (χ0) is 17.7. The van der Waals surface area contributed by atoms with Crippen molar-refractivity contribution < 1.29 is 19.2 Å². The third kappa shape index (κ3) is 4.59. The van der Waals surface area contributed by atoms with E-state index in [-0.39, 0.29) is 16.9 Å². The van der Waals surface area contributed by atoms with Gasteiger partial charge in [0.2, 0.25) is 0 Å². The number of hydrogen-bond donors (Lipinski definition) is 1. The van der Waals surface area contributed by atoms with Crippen LogP contribution in [0.15, 0.2) is 41.1 Å². The number of carbonyl (C=O) groups is 2. The third-order valence-electron chi connectivity index (χ3n) is 2.98. The zero-order valence-electron chi connectivity index (χ0n) is 12.5. The van der Waals surface area contributed by atoms with Crippen LogP contribution in [0.1, 0.15) is 15.9 Å². The Bertz CT molecular complexity index is 809. The molecule has 2 rings (SSSR count). The van der Waals surface area contributed by atoms with Crippen LogP contribution in [0, 0.1) is 17.0 Å². The number of esters is 1. The van der Waals surface area contributed by atoms with Gasteiger partial charge >= 0.3 is 5.97 Å². The van der Waals surface area contributed by atoms with E-state index in [1.807, 2.05) is 0 Å². The summed E-state index contributed by atoms with van der Waals surface area (Å²) in [6.45, 7) is 1.17. The van der Waals surface area contributed by atoms with E-state index in [1.54, 1.807) is 6.92 Å². The van der Waals surface area contributed by atoms with Crippen LogP contribution < -0.4 is 5.32 Å². The minimum atomic E-state index is -0.699. The monoisotopic (exact) mass is 393 g/mol. The third-order valence-corrected chi connectivity index (χ3v) is 3.41. The smallest absolute Gasteiger partial charge is 0.340 e. The molecule has 0 aliphatic carbocycles. The number of ether oxygens (including phenoxy) is 1. The summed E-state index contributed by atoms with van der Waals surface area (Å²) < 4.78 is 5.49. The van der Waals surface area contributed by atoms with Crippen LogP contribution in [0.4, 0.5) is 11.4 Å². The molecule has 0 fully saturated rings. The molecule has 0 aliphatic heterocycles. The molecule has 0 unspecified atom stereocenters. The number of nitro groups is 1. The Hall–Kier alpha value is -2.81. The molecule has 1 aromatic carbocycles. The van der Waals surface area contributed by atoms with Gasteiger partial charge in [-0.05, 0) is 34.5 Å². The molecule has 0 spiro atoms. The molecular weight excluding hydrogens is 382 g/mol. The summed E-state index contributed by atoms with van der Waals surface area (Å²) in [5, 5.41) is 13.2. The Kier molecular flexibility index (Phi) is 5.59. The predicted octanol–water partition coefficient (Wildman–Crippen LogP) is 2.86. The number of anilines is 1. The van der Waals surface area contributed by atoms with Crippen LogP contribution >= 0.6 is 15.9 Å². The van der Waals surface area contributed by atoms with Crippen LogP contribution in [0.25, 0.3) is 0 Å². The van der Waals surface area contributed by atoms with Crippen molar-refractivity contribution in [2.45, 2.75) is 6.92 Å². The zero-order valence-corrected chi connectivity index (χ0v) is 14.1. The first-order chi connectivity index (χ1) is 11.4. The molecule has 2 aromatic rings. The van der Waals surface area contributed by atoms with E-state index in [4.69, 9.17) is 4.74 Å². The molecule has 0 radical (unpaired) electrons. The number of nitrogens with zero attached hydrogens (tertiary/aromatic N) is 2. The minimum Gasteiger partial charge on any atom is -0.452 e. The lowest BCUT2D eigenvalue weighted by molar-refractivity contribution is -0.384. The summed E-state index contributed by atoms with van der Waals surface area (Å²) >= 11 is 3.18. The van der Waals surface area contributed by atoms with Crippen LogP contribution in [0.2, 0.25) is 0 Å². The van der Waals surface area contributed by atoms with Gasteiger partial charge in [0.05, 0.1) is 16.2 Å². The minimum absolute atomic E-state index is 0.145. The maximum absolute atomic E-state index is 11.9. The lowest BCUT2D eigenvalue weighted by Gasteiger charge is -2.09. The fourth-order valence-corrected chi connectivity index (χ4v) is 2.15. The van der Waals surface area contributed by atoms with Gasteiger partial charge in [0, 0.05) is 29.0 Å². The molecule has 24 heavy (non-hydrogen) atoms. The number of rotatable bonds is 5. The molecule has 9 heteroatoms. The van der Waals surface area contributed by atoms with Gasteiger partial charge in [0.1, 0.15) is 0 Å². The van der Waals surface area contributed by atoms with Crippen molar-refractivity contribution in [3.63, 3.8) is 0 Å². The van der Waals surface area contributed by atoms with Crippen molar-refractivity contribution in [2.75, 3.05) is 11.9 Å². The highest BCUT2D eigenvalue weighted by Gasteiger charge is 2.14. The summed E-state index contributed by atoms with van der Waals surface area (Å²) in [5.74, 6) is -1.30. The largest absolute Gasteiger partial charge is 0.452 e. The molecule has 0 saturated carbocycles. The predicted molar refractivity (Wildman–Crippen MR) is 88.7 cm³/mol. The molecular formula is C15H12BrN3O5. The van der Waals surface area contributed by atoms with Crippen LogP contribution in [0.3, 0.4) is 0 Å². The topological polar surface area (TPSA) is 111 Å². The second-order valence-electron chi connectivity index (χ2n) is 4.77. The van der Waals surface area contributed by atoms with E-state index >= 15 is 0 Å². The fourth-order valence-electron chi connectivity index (χ4n) is 1.78. The van der Waals surface area contributed by atoms with E-state index in [1.165, 1.54) is 36.7 Å². The number of aryl methyl sites for hydroxylation is 1. The number of nitrogens with one attached hydrogen (secondary N) is 1. The Labute approximate surface area is 145 Å². The van der Waals surface area contributed by atoms with Crippen molar-refractivity contribution in [3.05, 3.63) is 62.4 Å². The van der Waals surface area contributed by atoms with Crippen molar-refractivity contribution in [3.8, 4) is 0 Å². The van der Waals surface area contributed by atoms with Crippen LogP contribution in [-0.4, -0.2) is 28.4 Å². The van der Waals surface area contributed by atoms with Crippen molar-refractivity contribution in [1.82, 2.24) is 4.98 Å². The number of amides is 1. The molecule has 1 aromatic heterocycles. The fraction of sp³-hybridized carbons (Fsp3) is 0.133. The summed E-state index contributed by atoms with van der Waals surface area (Å²) in [4.78, 5) is 37.7. The van der Waals surface area contributed by atoms with Gasteiger partial charge in [-0.15, -0.1) is 0 Å². The highest BCUT2D eigenvalue weighted by atomic mass is 79.9. The maximum Gasteiger partial charge on any atom is 0.340 e. The van der Waals surface area contributed by atoms with Gasteiger partial charge in [-0.25, -0.2) is 4.79 Å². The number of pyridine rings is 1. The van der Waals surface area contributed by atoms with Crippen molar-refractivity contribution >= 4 is 39.2 Å². The van der Waals surface area contributed by atoms with Gasteiger partial charge in [0.15, 0.2) is 6.61 Å². The number of hydrogen-bond acceptors (Lipinski definition) is 6. The first-order valence-corrected chi connectivity index (χ1v) is 7.48. The van der Waals surface area contributed by atoms with E-state index in [2.05, 4.69) is 26.2 Å². The van der Waals surface area contributed by atoms with E-state index in [0.717, 1.165) is 0 Å². The number of non-ortho nitro benzene ring substituents is 1. The number of aromatic nitrogens is 1. The normalized spacial score (nSPS) is 10.1. The number of carbonyl (C=O) groups excluding carboxylic acids is 2. The summed E-state index contributed by atoms with van der Waals surface area (Å²) in [6, 6.07) is 5.61. The van der Waals surface area contributed by atoms with Gasteiger partial charge in [0.25, 0.3) is 11.6 Å². The molecule has 0 saturated heterocycles. The summed E-state index contributed by atoms with van der Waals surface area (Å²) in [6.07, 6.45) is 2.82. The van der Waals surface area contributed by atoms with E-state index in [0.29, 0.717) is 10.0 Å². The Morgan fingerprint density at radius 1 is 1.33 bits per heavy atom. The molecule has 0 aliphatic rings. The van der Waals surface area contributed by atoms with Gasteiger partial charge in [-0.3, -0.25) is 19.9 Å². The standard InChI is InChI=1S/C15H12BrN3O5/c1-9-2-3-12(19(22)23)5-13(9)18-14(20)8-24-15(21)10-4-11(16)7-17-6-10/h2-7H,8H2,1H3,(H,18,20). The van der Waals surface area contributed by atoms with Crippen molar-refractivity contribution in [2.24, 2.45) is 0 Å². The van der Waals surface area contributed by atoms with E-state index < -0.39 is 23.4 Å². The first-order valence-electron chi connectivity index (χ1n) is 6.69. The number of halogens is 1. The lowest BCUT2D eigenvalue weighted by Crippen LogP contribution is -2.21. The molecule has 124 valence electrons. The average Bonchev–Trinajstić information content (AvgIpc) is 2.54. The lowest BCUT2D eigenvalue weighted by atomic mass is 10.2. The van der Waals surface area contributed by atoms with E-state index in [9.17, 15) is 19.7 Å². The molecule has 1 amide bonds. The van der Waals surface area contributed by atoms with Crippen molar-refractivity contribution in [1.29, 1.82) is 0 Å². The second-order valence-corrected chi connectivity index (χ2v) is 5.69. The second kappa shape index (κ2) is 7.64. The Morgan fingerprint density at radius 2 is 2.08 bits per heavy atom. The summed E-state index contributed by atoms with van der Waals surface area (Å²) in [7, 11) is 0. The average molecular weight is 394 g/mol. The molecule has 0 atom stereocenters. The Balaban J connectivity index is 1.97. The number of benzene rings is 1. The van der Waals surface area contributed by atoms with Crippen LogP contribution in [0.5, 0.6) is 0 Å². The van der Waals surface area contributed by atoms with Gasteiger partial charge in [-0.1, -0.05) is 6.07 Å². The highest BCUT2D eigenvalue weighted by Crippen LogP contribution is 2.21. The molecule has 8 nitrogen and oxygen atoms in total. The van der Waals surface area contributed by atoms with Crippen LogP contribution in [-0.2, 0) is 9.53 Å². The molecule has 0 bridgehead atoms. The van der Waals surface area contributed by atoms with Gasteiger partial charge < -0.3 is 10.1 Å². The Morgan fingerprint density at radius 3 is 2.75 bits per heavy atom. The maximum atomic E-state index is 11.9. The SMILES string of the molecule is Cc1ccc([N+](=O)[O-])cc1NC(=O)COC(=O)c1cncc(Br)c1. The quantitative estimate of drug-likeness (QED) is 0.474. The first kappa shape index (κ1) is 17.5. The molecule has 1 N–H and O–H groups in total. The number of nitro benzene ring substituents is 1.